The van der Waals surface area contributed by atoms with Crippen LogP contribution in [0.25, 0.3) is 0 Å². The van der Waals surface area contributed by atoms with Gasteiger partial charge in [0.1, 0.15) is 29.2 Å². The highest BCUT2D eigenvalue weighted by Gasteiger charge is 2.42. The van der Waals surface area contributed by atoms with Crippen LogP contribution in [0.3, 0.4) is 0 Å². The van der Waals surface area contributed by atoms with Crippen LogP contribution in [0, 0.1) is 5.92 Å². The maximum absolute atomic E-state index is 14.2. The molecular formula is C29H41N3O6. The molecule has 9 heteroatoms. The number of phenols is 1. The van der Waals surface area contributed by atoms with E-state index in [1.165, 1.54) is 17.0 Å². The van der Waals surface area contributed by atoms with Crippen LogP contribution in [0.4, 0.5) is 10.5 Å². The van der Waals surface area contributed by atoms with Gasteiger partial charge in [-0.25, -0.2) is 4.79 Å². The lowest BCUT2D eigenvalue weighted by molar-refractivity contribution is -0.147. The minimum Gasteiger partial charge on any atom is -0.508 e. The molecule has 0 aliphatic heterocycles. The molecule has 0 saturated heterocycles. The molecule has 3 amide bonds. The molecular weight excluding hydrogens is 486 g/mol. The van der Waals surface area contributed by atoms with E-state index in [-0.39, 0.29) is 11.7 Å². The van der Waals surface area contributed by atoms with E-state index in [4.69, 9.17) is 9.47 Å². The number of carbonyl (C=O) groups excluding carboxylic acids is 3. The summed E-state index contributed by atoms with van der Waals surface area (Å²) in [6, 6.07) is 11.0. The predicted octanol–water partition coefficient (Wildman–Crippen LogP) is 5.26. The second-order valence-electron chi connectivity index (χ2n) is 11.5. The van der Waals surface area contributed by atoms with E-state index >= 15 is 0 Å². The third kappa shape index (κ3) is 8.39. The van der Waals surface area contributed by atoms with Gasteiger partial charge in [-0.2, -0.15) is 0 Å². The van der Waals surface area contributed by atoms with Gasteiger partial charge in [-0.3, -0.25) is 9.59 Å². The zero-order valence-corrected chi connectivity index (χ0v) is 23.8. The molecule has 0 aliphatic rings. The van der Waals surface area contributed by atoms with E-state index in [2.05, 4.69) is 10.6 Å². The molecule has 0 saturated carbocycles. The van der Waals surface area contributed by atoms with Gasteiger partial charge in [0.25, 0.3) is 5.91 Å². The molecule has 0 bridgehead atoms. The van der Waals surface area contributed by atoms with Gasteiger partial charge in [0.2, 0.25) is 5.91 Å². The number of phenolic OH excluding ortho intramolecular Hbond substituents is 1. The maximum atomic E-state index is 14.2. The highest BCUT2D eigenvalue weighted by atomic mass is 16.6. The van der Waals surface area contributed by atoms with Crippen LogP contribution in [0.1, 0.15) is 67.0 Å². The van der Waals surface area contributed by atoms with Gasteiger partial charge in [-0.15, -0.1) is 0 Å². The number of benzene rings is 2. The Morgan fingerprint density at radius 1 is 0.947 bits per heavy atom. The Morgan fingerprint density at radius 2 is 1.55 bits per heavy atom. The van der Waals surface area contributed by atoms with Gasteiger partial charge in [-0.05, 0) is 89.4 Å². The topological polar surface area (TPSA) is 117 Å². The van der Waals surface area contributed by atoms with Crippen molar-refractivity contribution in [1.82, 2.24) is 10.2 Å². The van der Waals surface area contributed by atoms with Gasteiger partial charge in [0.15, 0.2) is 0 Å². The van der Waals surface area contributed by atoms with Crippen molar-refractivity contribution in [2.75, 3.05) is 12.4 Å². The number of nitrogens with one attached hydrogen (secondary N) is 2. The zero-order chi connectivity index (χ0) is 28.8. The van der Waals surface area contributed by atoms with E-state index in [1.807, 2.05) is 34.6 Å². The zero-order valence-electron chi connectivity index (χ0n) is 23.8. The number of amides is 3. The third-order valence-corrected chi connectivity index (χ3v) is 5.62. The molecule has 0 fully saturated rings. The lowest BCUT2D eigenvalue weighted by Gasteiger charge is -2.43. The molecule has 2 atom stereocenters. The van der Waals surface area contributed by atoms with Crippen LogP contribution in [0.5, 0.6) is 11.5 Å². The minimum atomic E-state index is -1.13. The second kappa shape index (κ2) is 12.2. The number of methoxy groups -OCH3 is 1. The van der Waals surface area contributed by atoms with Gasteiger partial charge < -0.3 is 30.1 Å². The Balaban J connectivity index is 2.56. The first kappa shape index (κ1) is 30.5. The molecule has 208 valence electrons. The number of alkyl carbamates (subject to hydrolysis) is 1. The smallest absolute Gasteiger partial charge is 0.408 e. The monoisotopic (exact) mass is 527 g/mol. The van der Waals surface area contributed by atoms with Crippen molar-refractivity contribution in [1.29, 1.82) is 0 Å². The number of aromatic hydroxyl groups is 1. The molecule has 38 heavy (non-hydrogen) atoms. The quantitative estimate of drug-likeness (QED) is 0.431. The largest absolute Gasteiger partial charge is 0.508 e. The first-order chi connectivity index (χ1) is 17.5. The van der Waals surface area contributed by atoms with Crippen LogP contribution in [0.2, 0.25) is 0 Å². The Kier molecular flexibility index (Phi) is 9.78. The number of anilines is 1. The average Bonchev–Trinajstić information content (AvgIpc) is 2.78. The van der Waals surface area contributed by atoms with Crippen LogP contribution in [-0.2, 0) is 14.3 Å². The molecule has 9 nitrogen and oxygen atoms in total. The van der Waals surface area contributed by atoms with Crippen molar-refractivity contribution in [3.05, 3.63) is 54.1 Å². The van der Waals surface area contributed by atoms with Crippen molar-refractivity contribution in [2.45, 2.75) is 78.6 Å². The van der Waals surface area contributed by atoms with E-state index in [0.29, 0.717) is 17.0 Å². The minimum absolute atomic E-state index is 0.0432. The predicted molar refractivity (Wildman–Crippen MR) is 147 cm³/mol. The molecule has 0 aliphatic carbocycles. The summed E-state index contributed by atoms with van der Waals surface area (Å²) in [6.07, 6.45) is -0.727. The van der Waals surface area contributed by atoms with Crippen LogP contribution in [-0.4, -0.2) is 52.2 Å². The highest BCUT2D eigenvalue weighted by molar-refractivity contribution is 5.99. The molecule has 0 heterocycles. The molecule has 0 spiro atoms. The summed E-state index contributed by atoms with van der Waals surface area (Å²) >= 11 is 0. The molecule has 2 aromatic rings. The highest BCUT2D eigenvalue weighted by Crippen LogP contribution is 2.33. The standard InChI is InChI=1S/C29H41N3O6/c1-18(2)23(31-27(36)38-29(6,7)8)26(35)32(28(3,4)5)24(19-11-10-12-21(33)17-19)25(34)30-20-13-15-22(37-9)16-14-20/h10-18,23-24,33H,1-9H3,(H,30,34)(H,31,36). The van der Waals surface area contributed by atoms with Crippen LogP contribution < -0.4 is 15.4 Å². The molecule has 0 radical (unpaired) electrons. The van der Waals surface area contributed by atoms with E-state index in [1.54, 1.807) is 64.3 Å². The Labute approximate surface area is 225 Å². The van der Waals surface area contributed by atoms with E-state index < -0.39 is 41.1 Å². The van der Waals surface area contributed by atoms with Crippen molar-refractivity contribution < 1.29 is 29.0 Å². The number of rotatable bonds is 8. The Bertz CT molecular complexity index is 1120. The summed E-state index contributed by atoms with van der Waals surface area (Å²) in [5.74, 6) is -0.667. The molecule has 3 N–H and O–H groups in total. The number of carbonyl (C=O) groups is 3. The van der Waals surface area contributed by atoms with E-state index in [0.717, 1.165) is 0 Å². The van der Waals surface area contributed by atoms with Gasteiger partial charge in [-0.1, -0.05) is 26.0 Å². The number of hydrogen-bond acceptors (Lipinski definition) is 6. The van der Waals surface area contributed by atoms with E-state index in [9.17, 15) is 19.5 Å². The number of nitrogens with zero attached hydrogens (tertiary/aromatic N) is 1. The summed E-state index contributed by atoms with van der Waals surface area (Å²) in [4.78, 5) is 42.1. The van der Waals surface area contributed by atoms with Crippen molar-refractivity contribution in [3.63, 3.8) is 0 Å². The summed E-state index contributed by atoms with van der Waals surface area (Å²) in [5, 5.41) is 15.8. The number of hydrogen-bond donors (Lipinski definition) is 3. The normalized spacial score (nSPS) is 13.3. The molecule has 2 aromatic carbocycles. The van der Waals surface area contributed by atoms with Gasteiger partial charge >= 0.3 is 6.09 Å². The first-order valence-electron chi connectivity index (χ1n) is 12.6. The Hall–Kier alpha value is -3.75. The molecule has 0 aromatic heterocycles. The summed E-state index contributed by atoms with van der Waals surface area (Å²) in [5.41, 5.74) is -0.679. The van der Waals surface area contributed by atoms with Gasteiger partial charge in [0.05, 0.1) is 7.11 Å². The Morgan fingerprint density at radius 3 is 2.03 bits per heavy atom. The molecule has 2 unspecified atom stereocenters. The SMILES string of the molecule is COc1ccc(NC(=O)C(c2cccc(O)c2)N(C(=O)C(NC(=O)OC(C)(C)C)C(C)C)C(C)(C)C)cc1. The first-order valence-corrected chi connectivity index (χ1v) is 12.6. The number of ether oxygens (including phenoxy) is 2. The lowest BCUT2D eigenvalue weighted by atomic mass is 9.93. The van der Waals surface area contributed by atoms with Crippen LogP contribution >= 0.6 is 0 Å². The third-order valence-electron chi connectivity index (χ3n) is 5.62. The summed E-state index contributed by atoms with van der Waals surface area (Å²) in [7, 11) is 1.55. The lowest BCUT2D eigenvalue weighted by Crippen LogP contribution is -2.59. The van der Waals surface area contributed by atoms with Crippen molar-refractivity contribution in [2.24, 2.45) is 5.92 Å². The fourth-order valence-electron chi connectivity index (χ4n) is 3.94. The molecule has 2 rings (SSSR count). The maximum Gasteiger partial charge on any atom is 0.408 e. The fraction of sp³-hybridized carbons (Fsp3) is 0.483. The van der Waals surface area contributed by atoms with Crippen molar-refractivity contribution >= 4 is 23.6 Å². The summed E-state index contributed by atoms with van der Waals surface area (Å²) < 4.78 is 10.6. The van der Waals surface area contributed by atoms with Crippen LogP contribution in [0.15, 0.2) is 48.5 Å². The average molecular weight is 528 g/mol. The second-order valence-corrected chi connectivity index (χ2v) is 11.5. The summed E-state index contributed by atoms with van der Waals surface area (Å²) in [6.45, 7) is 14.3. The fourth-order valence-corrected chi connectivity index (χ4v) is 3.94. The van der Waals surface area contributed by atoms with Gasteiger partial charge in [0, 0.05) is 11.2 Å². The van der Waals surface area contributed by atoms with Crippen molar-refractivity contribution in [3.8, 4) is 11.5 Å².